The molecule has 0 N–H and O–H groups in total. The molecule has 5 heteroatoms. The van der Waals surface area contributed by atoms with E-state index in [0.29, 0.717) is 5.82 Å². The van der Waals surface area contributed by atoms with Crippen LogP contribution in [0.2, 0.25) is 0 Å². The van der Waals surface area contributed by atoms with E-state index in [0.717, 1.165) is 11.3 Å². The highest BCUT2D eigenvalue weighted by Gasteiger charge is 2.15. The molecule has 0 fully saturated rings. The van der Waals surface area contributed by atoms with E-state index in [9.17, 15) is 0 Å². The molecular weight excluding hydrogens is 228 g/mol. The van der Waals surface area contributed by atoms with Gasteiger partial charge in [0.15, 0.2) is 11.4 Å². The highest BCUT2D eigenvalue weighted by atomic mass is 16.5. The van der Waals surface area contributed by atoms with Crippen LogP contribution in [-0.2, 0) is 7.05 Å². The molecule has 88 valence electrons. The molecule has 0 bridgehead atoms. The summed E-state index contributed by atoms with van der Waals surface area (Å²) in [6, 6.07) is 11.2. The molecule has 5 nitrogen and oxygen atoms in total. The van der Waals surface area contributed by atoms with Crippen LogP contribution in [0.1, 0.15) is 11.4 Å². The van der Waals surface area contributed by atoms with Crippen molar-refractivity contribution in [2.45, 2.75) is 0 Å². The van der Waals surface area contributed by atoms with Crippen LogP contribution in [0.3, 0.4) is 0 Å². The molecule has 1 aromatic heterocycles. The van der Waals surface area contributed by atoms with E-state index in [1.807, 2.05) is 36.4 Å². The number of benzene rings is 1. The molecule has 0 atom stereocenters. The molecule has 0 aliphatic rings. The maximum atomic E-state index is 8.99. The van der Waals surface area contributed by atoms with Gasteiger partial charge in [-0.3, -0.25) is 0 Å². The van der Waals surface area contributed by atoms with Gasteiger partial charge in [0.1, 0.15) is 23.7 Å². The molecule has 18 heavy (non-hydrogen) atoms. The fourth-order valence-corrected chi connectivity index (χ4v) is 1.70. The molecule has 2 aromatic rings. The lowest BCUT2D eigenvalue weighted by Crippen LogP contribution is -1.95. The summed E-state index contributed by atoms with van der Waals surface area (Å²) in [6.45, 7) is 0. The summed E-state index contributed by atoms with van der Waals surface area (Å²) in [5, 5.41) is 17.9. The minimum Gasteiger partial charge on any atom is -0.497 e. The number of methoxy groups -OCH3 is 1. The first-order valence-electron chi connectivity index (χ1n) is 5.22. The summed E-state index contributed by atoms with van der Waals surface area (Å²) in [7, 11) is 3.31. The lowest BCUT2D eigenvalue weighted by atomic mass is 10.2. The molecule has 0 aliphatic heterocycles. The topological polar surface area (TPSA) is 74.6 Å². The Balaban J connectivity index is 2.55. The van der Waals surface area contributed by atoms with Crippen LogP contribution in [0.15, 0.2) is 24.3 Å². The molecule has 0 unspecified atom stereocenters. The van der Waals surface area contributed by atoms with Gasteiger partial charge < -0.3 is 9.30 Å². The van der Waals surface area contributed by atoms with E-state index in [1.165, 1.54) is 0 Å². The Morgan fingerprint density at radius 1 is 1.17 bits per heavy atom. The minimum atomic E-state index is 0.144. The average Bonchev–Trinajstić information content (AvgIpc) is 2.75. The van der Waals surface area contributed by atoms with Crippen molar-refractivity contribution in [1.82, 2.24) is 9.55 Å². The molecule has 1 heterocycles. The van der Waals surface area contributed by atoms with Crippen molar-refractivity contribution >= 4 is 0 Å². The van der Waals surface area contributed by atoms with Crippen molar-refractivity contribution < 1.29 is 4.74 Å². The summed E-state index contributed by atoms with van der Waals surface area (Å²) < 4.78 is 6.69. The Morgan fingerprint density at radius 2 is 1.83 bits per heavy atom. The lowest BCUT2D eigenvalue weighted by molar-refractivity contribution is 0.415. The standard InChI is InChI=1S/C13H10N4O/c1-17-12(8-15)11(7-14)16-13(17)9-3-5-10(18-2)6-4-9/h3-6H,1-2H3. The first kappa shape index (κ1) is 11.7. The van der Waals surface area contributed by atoms with Gasteiger partial charge in [-0.25, -0.2) is 4.98 Å². The smallest absolute Gasteiger partial charge is 0.177 e. The highest BCUT2D eigenvalue weighted by Crippen LogP contribution is 2.23. The quantitative estimate of drug-likeness (QED) is 0.800. The van der Waals surface area contributed by atoms with Gasteiger partial charge in [0.2, 0.25) is 0 Å². The Bertz CT molecular complexity index is 656. The first-order chi connectivity index (χ1) is 8.71. The maximum absolute atomic E-state index is 8.99. The lowest BCUT2D eigenvalue weighted by Gasteiger charge is -2.03. The Kier molecular flexibility index (Phi) is 2.99. The third-order valence-corrected chi connectivity index (χ3v) is 2.66. The van der Waals surface area contributed by atoms with Gasteiger partial charge in [-0.2, -0.15) is 10.5 Å². The predicted octanol–water partition coefficient (Wildman–Crippen LogP) is 1.84. The van der Waals surface area contributed by atoms with Crippen molar-refractivity contribution in [3.8, 4) is 29.3 Å². The predicted molar refractivity (Wildman–Crippen MR) is 64.6 cm³/mol. The van der Waals surface area contributed by atoms with Crippen LogP contribution in [0, 0.1) is 22.7 Å². The van der Waals surface area contributed by atoms with Gasteiger partial charge in [-0.15, -0.1) is 0 Å². The number of hydrogen-bond donors (Lipinski definition) is 0. The van der Waals surface area contributed by atoms with E-state index in [-0.39, 0.29) is 11.4 Å². The van der Waals surface area contributed by atoms with Gasteiger partial charge in [0.25, 0.3) is 0 Å². The maximum Gasteiger partial charge on any atom is 0.177 e. The zero-order valence-corrected chi connectivity index (χ0v) is 10.0. The van der Waals surface area contributed by atoms with Crippen molar-refractivity contribution in [1.29, 1.82) is 10.5 Å². The summed E-state index contributed by atoms with van der Waals surface area (Å²) in [4.78, 5) is 4.16. The summed E-state index contributed by atoms with van der Waals surface area (Å²) in [5.41, 5.74) is 1.24. The number of hydrogen-bond acceptors (Lipinski definition) is 4. The molecule has 0 saturated carbocycles. The Morgan fingerprint density at radius 3 is 2.28 bits per heavy atom. The third-order valence-electron chi connectivity index (χ3n) is 2.66. The van der Waals surface area contributed by atoms with Gasteiger partial charge in [0, 0.05) is 12.6 Å². The second kappa shape index (κ2) is 4.60. The van der Waals surface area contributed by atoms with Crippen LogP contribution in [-0.4, -0.2) is 16.7 Å². The number of ether oxygens (including phenoxy) is 1. The normalized spacial score (nSPS) is 9.56. The van der Waals surface area contributed by atoms with Gasteiger partial charge >= 0.3 is 0 Å². The second-order valence-corrected chi connectivity index (χ2v) is 3.64. The zero-order valence-electron chi connectivity index (χ0n) is 10.0. The van der Waals surface area contributed by atoms with Crippen LogP contribution >= 0.6 is 0 Å². The summed E-state index contributed by atoms with van der Waals surface area (Å²) >= 11 is 0. The van der Waals surface area contributed by atoms with Crippen LogP contribution in [0.4, 0.5) is 0 Å². The van der Waals surface area contributed by atoms with Crippen LogP contribution in [0.5, 0.6) is 5.75 Å². The van der Waals surface area contributed by atoms with Gasteiger partial charge in [0.05, 0.1) is 7.11 Å². The SMILES string of the molecule is COc1ccc(-c2nc(C#N)c(C#N)n2C)cc1. The van der Waals surface area contributed by atoms with Crippen molar-refractivity contribution in [2.75, 3.05) is 7.11 Å². The molecule has 0 aliphatic carbocycles. The fraction of sp³-hybridized carbons (Fsp3) is 0.154. The average molecular weight is 238 g/mol. The van der Waals surface area contributed by atoms with Crippen molar-refractivity contribution in [3.63, 3.8) is 0 Å². The summed E-state index contributed by atoms with van der Waals surface area (Å²) in [6.07, 6.45) is 0. The first-order valence-corrected chi connectivity index (χ1v) is 5.22. The van der Waals surface area contributed by atoms with Crippen LogP contribution in [0.25, 0.3) is 11.4 Å². The Labute approximate surface area is 104 Å². The van der Waals surface area contributed by atoms with Gasteiger partial charge in [-0.1, -0.05) is 0 Å². The van der Waals surface area contributed by atoms with E-state index in [4.69, 9.17) is 15.3 Å². The largest absolute Gasteiger partial charge is 0.497 e. The van der Waals surface area contributed by atoms with Crippen molar-refractivity contribution in [3.05, 3.63) is 35.7 Å². The molecule has 0 radical (unpaired) electrons. The van der Waals surface area contributed by atoms with E-state index in [2.05, 4.69) is 4.98 Å². The second-order valence-electron chi connectivity index (χ2n) is 3.64. The molecule has 1 aromatic carbocycles. The number of nitriles is 2. The fourth-order valence-electron chi connectivity index (χ4n) is 1.70. The van der Waals surface area contributed by atoms with Crippen molar-refractivity contribution in [2.24, 2.45) is 7.05 Å². The van der Waals surface area contributed by atoms with E-state index in [1.54, 1.807) is 18.7 Å². The van der Waals surface area contributed by atoms with E-state index >= 15 is 0 Å². The Hall–Kier alpha value is -2.79. The zero-order chi connectivity index (χ0) is 13.1. The highest BCUT2D eigenvalue weighted by molar-refractivity contribution is 5.60. The number of aromatic nitrogens is 2. The minimum absolute atomic E-state index is 0.144. The van der Waals surface area contributed by atoms with E-state index < -0.39 is 0 Å². The van der Waals surface area contributed by atoms with Crippen LogP contribution < -0.4 is 4.74 Å². The molecule has 2 rings (SSSR count). The molecule has 0 spiro atoms. The monoisotopic (exact) mass is 238 g/mol. The molecule has 0 amide bonds. The summed E-state index contributed by atoms with van der Waals surface area (Å²) in [5.74, 6) is 1.33. The molecule has 0 saturated heterocycles. The number of nitrogens with zero attached hydrogens (tertiary/aromatic N) is 4. The third kappa shape index (κ3) is 1.79. The number of rotatable bonds is 2. The number of imidazole rings is 1. The van der Waals surface area contributed by atoms with Gasteiger partial charge in [-0.05, 0) is 24.3 Å². The molecular formula is C13H10N4O.